The molecule has 112 valence electrons. The lowest BCUT2D eigenvalue weighted by molar-refractivity contribution is 0.544. The Bertz CT molecular complexity index is 764. The first-order chi connectivity index (χ1) is 9.79. The number of nitrogens with one attached hydrogen (secondary N) is 1. The third-order valence-corrected chi connectivity index (χ3v) is 4.39. The summed E-state index contributed by atoms with van der Waals surface area (Å²) in [4.78, 5) is -0.699. The van der Waals surface area contributed by atoms with Crippen molar-refractivity contribution in [3.8, 4) is 0 Å². The normalized spacial score (nSPS) is 11.6. The molecule has 21 heavy (non-hydrogen) atoms. The fraction of sp³-hybridized carbons (Fsp3) is 0.0769. The number of sulfonamides is 1. The summed E-state index contributed by atoms with van der Waals surface area (Å²) in [5.41, 5.74) is 5.46. The maximum Gasteiger partial charge on any atom is 0.243 e. The van der Waals surface area contributed by atoms with Crippen molar-refractivity contribution in [3.05, 3.63) is 58.6 Å². The summed E-state index contributed by atoms with van der Waals surface area (Å²) in [6, 6.07) is 7.63. The van der Waals surface area contributed by atoms with Crippen LogP contribution in [0.4, 0.5) is 14.5 Å². The fourth-order valence-electron chi connectivity index (χ4n) is 1.61. The highest BCUT2D eigenvalue weighted by Gasteiger charge is 2.21. The molecular formula is C13H11ClF2N2O2S. The van der Waals surface area contributed by atoms with Gasteiger partial charge in [-0.1, -0.05) is 23.7 Å². The third-order valence-electron chi connectivity index (χ3n) is 2.72. The van der Waals surface area contributed by atoms with Gasteiger partial charge in [0.25, 0.3) is 0 Å². The molecule has 3 N–H and O–H groups in total. The molecule has 0 aliphatic heterocycles. The molecule has 0 saturated carbocycles. The van der Waals surface area contributed by atoms with E-state index in [0.717, 1.165) is 6.07 Å². The van der Waals surface area contributed by atoms with Gasteiger partial charge in [-0.05, 0) is 23.8 Å². The molecule has 8 heteroatoms. The van der Waals surface area contributed by atoms with Crippen LogP contribution in [-0.2, 0) is 16.6 Å². The van der Waals surface area contributed by atoms with Gasteiger partial charge in [0.2, 0.25) is 10.0 Å². The molecule has 0 amide bonds. The van der Waals surface area contributed by atoms with Gasteiger partial charge in [-0.15, -0.1) is 0 Å². The highest BCUT2D eigenvalue weighted by molar-refractivity contribution is 7.89. The molecule has 0 saturated heterocycles. The zero-order valence-electron chi connectivity index (χ0n) is 10.6. The van der Waals surface area contributed by atoms with Gasteiger partial charge >= 0.3 is 0 Å². The predicted molar refractivity (Wildman–Crippen MR) is 76.2 cm³/mol. The Hall–Kier alpha value is -1.70. The Kier molecular flexibility index (Phi) is 4.46. The molecule has 0 bridgehead atoms. The molecule has 2 aromatic rings. The lowest BCUT2D eigenvalue weighted by Gasteiger charge is -2.09. The van der Waals surface area contributed by atoms with Gasteiger partial charge in [0.05, 0.1) is 5.69 Å². The van der Waals surface area contributed by atoms with Gasteiger partial charge in [0.1, 0.15) is 16.5 Å². The van der Waals surface area contributed by atoms with Gasteiger partial charge in [-0.25, -0.2) is 21.9 Å². The zero-order valence-corrected chi connectivity index (χ0v) is 12.2. The molecule has 4 nitrogen and oxygen atoms in total. The maximum absolute atomic E-state index is 13.6. The van der Waals surface area contributed by atoms with Crippen molar-refractivity contribution in [1.82, 2.24) is 4.72 Å². The second-order valence-electron chi connectivity index (χ2n) is 4.26. The Morgan fingerprint density at radius 3 is 2.33 bits per heavy atom. The van der Waals surface area contributed by atoms with Crippen molar-refractivity contribution in [3.63, 3.8) is 0 Å². The third kappa shape index (κ3) is 3.69. The van der Waals surface area contributed by atoms with Crippen molar-refractivity contribution in [1.29, 1.82) is 0 Å². The first kappa shape index (κ1) is 15.7. The molecular weight excluding hydrogens is 322 g/mol. The van der Waals surface area contributed by atoms with Crippen LogP contribution in [0.25, 0.3) is 0 Å². The van der Waals surface area contributed by atoms with Crippen molar-refractivity contribution >= 4 is 27.3 Å². The second-order valence-corrected chi connectivity index (χ2v) is 6.43. The smallest absolute Gasteiger partial charge is 0.243 e. The van der Waals surface area contributed by atoms with Crippen molar-refractivity contribution in [2.24, 2.45) is 0 Å². The van der Waals surface area contributed by atoms with E-state index in [9.17, 15) is 17.2 Å². The van der Waals surface area contributed by atoms with E-state index in [0.29, 0.717) is 16.7 Å². The van der Waals surface area contributed by atoms with Crippen LogP contribution in [0.2, 0.25) is 5.02 Å². The topological polar surface area (TPSA) is 72.2 Å². The average Bonchev–Trinajstić information content (AvgIpc) is 2.42. The van der Waals surface area contributed by atoms with E-state index in [1.165, 1.54) is 0 Å². The minimum atomic E-state index is -4.14. The van der Waals surface area contributed by atoms with E-state index in [1.54, 1.807) is 24.3 Å². The summed E-state index contributed by atoms with van der Waals surface area (Å²) in [5.74, 6) is -2.21. The lowest BCUT2D eigenvalue weighted by atomic mass is 10.2. The lowest BCUT2D eigenvalue weighted by Crippen LogP contribution is -2.24. The number of nitrogen functional groups attached to an aromatic ring is 1. The molecule has 0 spiro atoms. The highest BCUT2D eigenvalue weighted by Crippen LogP contribution is 2.21. The molecule has 2 aromatic carbocycles. The van der Waals surface area contributed by atoms with E-state index < -0.39 is 32.2 Å². The molecule has 2 rings (SSSR count). The molecule has 0 aliphatic rings. The summed E-state index contributed by atoms with van der Waals surface area (Å²) in [6.45, 7) is -0.0593. The molecule has 0 unspecified atom stereocenters. The van der Waals surface area contributed by atoms with E-state index in [4.69, 9.17) is 17.3 Å². The molecule has 0 radical (unpaired) electrons. The van der Waals surface area contributed by atoms with E-state index in [-0.39, 0.29) is 6.54 Å². The number of nitrogens with two attached hydrogens (primary N) is 1. The number of hydrogen-bond donors (Lipinski definition) is 2. The minimum absolute atomic E-state index is 0.0593. The van der Waals surface area contributed by atoms with Gasteiger partial charge in [0, 0.05) is 17.6 Å². The summed E-state index contributed by atoms with van der Waals surface area (Å²) in [6.07, 6.45) is 0. The van der Waals surface area contributed by atoms with Crippen LogP contribution in [0, 0.1) is 11.6 Å². The van der Waals surface area contributed by atoms with Crippen LogP contribution >= 0.6 is 11.6 Å². The number of rotatable bonds is 4. The number of hydrogen-bond acceptors (Lipinski definition) is 3. The molecule has 0 aromatic heterocycles. The van der Waals surface area contributed by atoms with Crippen molar-refractivity contribution in [2.75, 3.05) is 5.73 Å². The Morgan fingerprint density at radius 1 is 1.10 bits per heavy atom. The number of benzene rings is 2. The summed E-state index contributed by atoms with van der Waals surface area (Å²) in [5, 5.41) is 0.513. The van der Waals surface area contributed by atoms with E-state index in [2.05, 4.69) is 4.72 Å². The second kappa shape index (κ2) is 5.97. The van der Waals surface area contributed by atoms with Gasteiger partial charge < -0.3 is 5.73 Å². The van der Waals surface area contributed by atoms with Crippen LogP contribution in [-0.4, -0.2) is 8.42 Å². The maximum atomic E-state index is 13.6. The Labute approximate surface area is 125 Å². The first-order valence-electron chi connectivity index (χ1n) is 5.78. The quantitative estimate of drug-likeness (QED) is 0.845. The minimum Gasteiger partial charge on any atom is -0.396 e. The highest BCUT2D eigenvalue weighted by atomic mass is 35.5. The van der Waals surface area contributed by atoms with Crippen LogP contribution in [0.1, 0.15) is 5.56 Å². The molecule has 0 heterocycles. The number of anilines is 1. The fourth-order valence-corrected chi connectivity index (χ4v) is 2.85. The van der Waals surface area contributed by atoms with Gasteiger partial charge in [-0.3, -0.25) is 0 Å². The van der Waals surface area contributed by atoms with E-state index in [1.807, 2.05) is 0 Å². The summed E-state index contributed by atoms with van der Waals surface area (Å²) in [7, 11) is -4.14. The monoisotopic (exact) mass is 332 g/mol. The van der Waals surface area contributed by atoms with E-state index >= 15 is 0 Å². The molecule has 0 atom stereocenters. The van der Waals surface area contributed by atoms with Crippen LogP contribution in [0.5, 0.6) is 0 Å². The van der Waals surface area contributed by atoms with Crippen molar-refractivity contribution < 1.29 is 17.2 Å². The SMILES string of the molecule is Nc1cc(S(=O)(=O)NCc2ccc(Cl)cc2)c(F)cc1F. The zero-order chi connectivity index (χ0) is 15.6. The Balaban J connectivity index is 2.22. The molecule has 0 fully saturated rings. The summed E-state index contributed by atoms with van der Waals surface area (Å²) < 4.78 is 52.8. The number of halogens is 3. The van der Waals surface area contributed by atoms with Crippen LogP contribution < -0.4 is 10.5 Å². The van der Waals surface area contributed by atoms with Crippen LogP contribution in [0.3, 0.4) is 0 Å². The first-order valence-corrected chi connectivity index (χ1v) is 7.64. The standard InChI is InChI=1S/C13H11ClF2N2O2S/c14-9-3-1-8(2-4-9)7-18-21(19,20)13-6-12(17)10(15)5-11(13)16/h1-6,18H,7,17H2. The van der Waals surface area contributed by atoms with Gasteiger partial charge in [-0.2, -0.15) is 0 Å². The molecule has 0 aliphatic carbocycles. The van der Waals surface area contributed by atoms with Gasteiger partial charge in [0.15, 0.2) is 0 Å². The Morgan fingerprint density at radius 2 is 1.71 bits per heavy atom. The van der Waals surface area contributed by atoms with Crippen molar-refractivity contribution in [2.45, 2.75) is 11.4 Å². The predicted octanol–water partition coefficient (Wildman–Crippen LogP) is 2.68. The van der Waals surface area contributed by atoms with Crippen LogP contribution in [0.15, 0.2) is 41.3 Å². The average molecular weight is 333 g/mol. The summed E-state index contributed by atoms with van der Waals surface area (Å²) >= 11 is 5.71. The largest absolute Gasteiger partial charge is 0.396 e.